The van der Waals surface area contributed by atoms with Gasteiger partial charge >= 0.3 is 0 Å². The van der Waals surface area contributed by atoms with Gasteiger partial charge in [0.05, 0.1) is 0 Å². The molecule has 0 radical (unpaired) electrons. The van der Waals surface area contributed by atoms with Crippen molar-refractivity contribution < 1.29 is 4.39 Å². The van der Waals surface area contributed by atoms with Crippen LogP contribution in [0, 0.1) is 9.39 Å². The van der Waals surface area contributed by atoms with E-state index in [4.69, 9.17) is 5.73 Å². The first-order chi connectivity index (χ1) is 8.06. The quantitative estimate of drug-likeness (QED) is 0.720. The first-order valence-electron chi connectivity index (χ1n) is 4.99. The van der Waals surface area contributed by atoms with E-state index < -0.39 is 0 Å². The molecule has 2 aromatic rings. The number of halogens is 3. The number of benzene rings is 1. The highest BCUT2D eigenvalue weighted by Crippen LogP contribution is 2.26. The number of hydrogen-bond donors (Lipinski definition) is 1. The molecule has 0 bridgehead atoms. The van der Waals surface area contributed by atoms with Crippen molar-refractivity contribution in [1.29, 1.82) is 0 Å². The Balaban J connectivity index is 2.17. The number of thiophene rings is 1. The van der Waals surface area contributed by atoms with E-state index in [2.05, 4.69) is 44.6 Å². The lowest BCUT2D eigenvalue weighted by atomic mass is 10.0. The van der Waals surface area contributed by atoms with Gasteiger partial charge in [0.25, 0.3) is 0 Å². The van der Waals surface area contributed by atoms with Gasteiger partial charge in [0.2, 0.25) is 0 Å². The van der Waals surface area contributed by atoms with E-state index in [-0.39, 0.29) is 11.9 Å². The fourth-order valence-corrected chi connectivity index (χ4v) is 3.98. The van der Waals surface area contributed by atoms with Gasteiger partial charge in [-0.25, -0.2) is 4.39 Å². The molecule has 1 nitrogen and oxygen atoms in total. The Kier molecular flexibility index (Phi) is 4.57. The summed E-state index contributed by atoms with van der Waals surface area (Å²) in [5, 5.41) is 2.04. The second-order valence-corrected chi connectivity index (χ2v) is 6.78. The summed E-state index contributed by atoms with van der Waals surface area (Å²) in [5.41, 5.74) is 7.15. The van der Waals surface area contributed by atoms with Crippen molar-refractivity contribution in [1.82, 2.24) is 0 Å². The van der Waals surface area contributed by atoms with Gasteiger partial charge < -0.3 is 5.73 Å². The molecule has 1 heterocycles. The number of rotatable bonds is 3. The Morgan fingerprint density at radius 1 is 1.41 bits per heavy atom. The molecule has 5 heteroatoms. The molecule has 0 aliphatic carbocycles. The second-order valence-electron chi connectivity index (χ2n) is 3.71. The topological polar surface area (TPSA) is 26.0 Å². The Labute approximate surface area is 125 Å². The van der Waals surface area contributed by atoms with Gasteiger partial charge in [-0.05, 0) is 62.3 Å². The largest absolute Gasteiger partial charge is 0.324 e. The summed E-state index contributed by atoms with van der Waals surface area (Å²) in [7, 11) is 0. The normalized spacial score (nSPS) is 12.7. The Hall–Kier alpha value is 0.0200. The van der Waals surface area contributed by atoms with Crippen LogP contribution in [0.15, 0.2) is 34.1 Å². The van der Waals surface area contributed by atoms with Crippen LogP contribution < -0.4 is 5.73 Å². The minimum absolute atomic E-state index is 0.0898. The molecule has 0 amide bonds. The molecule has 0 aliphatic rings. The average molecular weight is 426 g/mol. The molecule has 2 N–H and O–H groups in total. The van der Waals surface area contributed by atoms with Gasteiger partial charge in [0.1, 0.15) is 5.82 Å². The van der Waals surface area contributed by atoms with Crippen molar-refractivity contribution in [3.05, 3.63) is 53.9 Å². The van der Waals surface area contributed by atoms with Gasteiger partial charge in [0.15, 0.2) is 0 Å². The van der Waals surface area contributed by atoms with Crippen LogP contribution in [0.4, 0.5) is 4.39 Å². The molecule has 1 aromatic heterocycles. The van der Waals surface area contributed by atoms with Crippen LogP contribution in [0.5, 0.6) is 0 Å². The van der Waals surface area contributed by atoms with Gasteiger partial charge in [0, 0.05) is 30.8 Å². The van der Waals surface area contributed by atoms with Crippen molar-refractivity contribution in [2.24, 2.45) is 5.73 Å². The van der Waals surface area contributed by atoms with Crippen molar-refractivity contribution in [2.45, 2.75) is 12.5 Å². The maximum Gasteiger partial charge on any atom is 0.124 e. The molecule has 1 aromatic carbocycles. The predicted octanol–water partition coefficient (Wildman–Crippen LogP) is 4.50. The Morgan fingerprint density at radius 3 is 2.76 bits per heavy atom. The minimum atomic E-state index is -0.218. The summed E-state index contributed by atoms with van der Waals surface area (Å²) < 4.78 is 15.0. The average Bonchev–Trinajstić information content (AvgIpc) is 2.63. The SMILES string of the molecule is NC(Cc1cc(Br)cs1)c1ccc(F)cc1I. The van der Waals surface area contributed by atoms with Crippen LogP contribution in [-0.2, 0) is 6.42 Å². The van der Waals surface area contributed by atoms with E-state index in [1.54, 1.807) is 17.4 Å². The standard InChI is InChI=1S/C12H10BrFINS/c13-7-3-9(17-6-7)5-12(16)10-2-1-8(14)4-11(10)15/h1-4,6,12H,5,16H2. The van der Waals surface area contributed by atoms with E-state index in [0.717, 1.165) is 20.0 Å². The molecule has 0 fully saturated rings. The summed E-state index contributed by atoms with van der Waals surface area (Å²) in [6.45, 7) is 0. The van der Waals surface area contributed by atoms with E-state index >= 15 is 0 Å². The zero-order valence-corrected chi connectivity index (χ0v) is 13.4. The Morgan fingerprint density at radius 2 is 2.18 bits per heavy atom. The van der Waals surface area contributed by atoms with Crippen molar-refractivity contribution in [2.75, 3.05) is 0 Å². The molecule has 0 saturated heterocycles. The molecular weight excluding hydrogens is 416 g/mol. The lowest BCUT2D eigenvalue weighted by Gasteiger charge is -2.12. The summed E-state index contributed by atoms with van der Waals surface area (Å²) in [6.07, 6.45) is 0.776. The summed E-state index contributed by atoms with van der Waals surface area (Å²) in [4.78, 5) is 1.23. The van der Waals surface area contributed by atoms with Gasteiger partial charge in [-0.2, -0.15) is 0 Å². The molecule has 1 atom stereocenters. The number of hydrogen-bond acceptors (Lipinski definition) is 2. The van der Waals surface area contributed by atoms with Crippen molar-refractivity contribution in [3.8, 4) is 0 Å². The molecule has 2 rings (SSSR count). The predicted molar refractivity (Wildman–Crippen MR) is 81.8 cm³/mol. The third-order valence-corrected chi connectivity index (χ3v) is 5.06. The van der Waals surface area contributed by atoms with Crippen molar-refractivity contribution in [3.63, 3.8) is 0 Å². The summed E-state index contributed by atoms with van der Waals surface area (Å²) in [6, 6.07) is 6.72. The fourth-order valence-electron chi connectivity index (χ4n) is 1.59. The second kappa shape index (κ2) is 5.77. The lowest BCUT2D eigenvalue weighted by Crippen LogP contribution is -2.14. The third kappa shape index (κ3) is 3.49. The summed E-state index contributed by atoms with van der Waals surface area (Å²) >= 11 is 7.22. The highest BCUT2D eigenvalue weighted by Gasteiger charge is 2.12. The fraction of sp³-hybridized carbons (Fsp3) is 0.167. The molecule has 1 unspecified atom stereocenters. The van der Waals surface area contributed by atoms with Crippen LogP contribution in [0.3, 0.4) is 0 Å². The van der Waals surface area contributed by atoms with Crippen LogP contribution >= 0.6 is 49.9 Å². The maximum atomic E-state index is 13.0. The molecular formula is C12H10BrFINS. The molecule has 0 aliphatic heterocycles. The maximum absolute atomic E-state index is 13.0. The van der Waals surface area contributed by atoms with E-state index in [0.29, 0.717) is 0 Å². The molecule has 17 heavy (non-hydrogen) atoms. The van der Waals surface area contributed by atoms with Gasteiger partial charge in [-0.15, -0.1) is 11.3 Å². The monoisotopic (exact) mass is 425 g/mol. The smallest absolute Gasteiger partial charge is 0.124 e. The van der Waals surface area contributed by atoms with Gasteiger partial charge in [-0.1, -0.05) is 6.07 Å². The summed E-state index contributed by atoms with van der Waals surface area (Å²) in [5.74, 6) is -0.218. The third-order valence-electron chi connectivity index (χ3n) is 2.40. The first-order valence-corrected chi connectivity index (χ1v) is 7.75. The molecule has 90 valence electrons. The molecule has 0 spiro atoms. The zero-order chi connectivity index (χ0) is 12.4. The van der Waals surface area contributed by atoms with E-state index in [1.807, 2.05) is 5.38 Å². The van der Waals surface area contributed by atoms with Crippen LogP contribution in [0.2, 0.25) is 0 Å². The van der Waals surface area contributed by atoms with Crippen LogP contribution in [0.1, 0.15) is 16.5 Å². The first kappa shape index (κ1) is 13.5. The number of nitrogens with two attached hydrogens (primary N) is 1. The highest BCUT2D eigenvalue weighted by atomic mass is 127. The highest BCUT2D eigenvalue weighted by molar-refractivity contribution is 14.1. The van der Waals surface area contributed by atoms with Crippen LogP contribution in [0.25, 0.3) is 0 Å². The zero-order valence-electron chi connectivity index (χ0n) is 8.79. The van der Waals surface area contributed by atoms with Crippen LogP contribution in [-0.4, -0.2) is 0 Å². The minimum Gasteiger partial charge on any atom is -0.324 e. The van der Waals surface area contributed by atoms with E-state index in [9.17, 15) is 4.39 Å². The van der Waals surface area contributed by atoms with Gasteiger partial charge in [-0.3, -0.25) is 0 Å². The van der Waals surface area contributed by atoms with E-state index in [1.165, 1.54) is 17.0 Å². The molecule has 0 saturated carbocycles. The Bertz CT molecular complexity index is 529. The lowest BCUT2D eigenvalue weighted by molar-refractivity contribution is 0.623. The van der Waals surface area contributed by atoms with Crippen molar-refractivity contribution >= 4 is 49.9 Å².